The van der Waals surface area contributed by atoms with Crippen LogP contribution >= 0.6 is 11.6 Å². The maximum Gasteiger partial charge on any atom is 0.224 e. The van der Waals surface area contributed by atoms with Gasteiger partial charge in [-0.3, -0.25) is 9.59 Å². The van der Waals surface area contributed by atoms with Crippen molar-refractivity contribution < 1.29 is 14.3 Å². The minimum Gasteiger partial charge on any atom is -0.486 e. The van der Waals surface area contributed by atoms with E-state index in [4.69, 9.17) is 16.3 Å². The second kappa shape index (κ2) is 4.98. The standard InChI is InChI=1S/C19H22ClNO3/c1-18(2,3)21-17(23)15-11-6-7-19(16(11)15)9-13(22)12-8-10(20)4-5-14(12)24-19/h4-5,8,11,15-16H,6-7,9H2,1-3H3,(H,21,23)/t11-,15+,16-,19+/m0/s1. The Labute approximate surface area is 146 Å². The van der Waals surface area contributed by atoms with Crippen LogP contribution in [0.4, 0.5) is 0 Å². The van der Waals surface area contributed by atoms with Gasteiger partial charge in [0.15, 0.2) is 5.78 Å². The van der Waals surface area contributed by atoms with Crippen molar-refractivity contribution in [2.24, 2.45) is 17.8 Å². The van der Waals surface area contributed by atoms with Crippen molar-refractivity contribution in [3.8, 4) is 5.75 Å². The summed E-state index contributed by atoms with van der Waals surface area (Å²) in [5.74, 6) is 1.23. The maximum absolute atomic E-state index is 12.6. The first-order valence-corrected chi connectivity index (χ1v) is 8.92. The molecule has 1 aromatic carbocycles. The van der Waals surface area contributed by atoms with Gasteiger partial charge in [-0.05, 0) is 57.7 Å². The molecule has 4 rings (SSSR count). The average Bonchev–Trinajstić information content (AvgIpc) is 3.11. The summed E-state index contributed by atoms with van der Waals surface area (Å²) in [5.41, 5.74) is -0.191. The van der Waals surface area contributed by atoms with Gasteiger partial charge in [-0.25, -0.2) is 0 Å². The molecule has 0 saturated heterocycles. The van der Waals surface area contributed by atoms with Crippen molar-refractivity contribution in [3.63, 3.8) is 0 Å². The average molecular weight is 348 g/mol. The lowest BCUT2D eigenvalue weighted by molar-refractivity contribution is -0.125. The molecular weight excluding hydrogens is 326 g/mol. The maximum atomic E-state index is 12.6. The summed E-state index contributed by atoms with van der Waals surface area (Å²) in [4.78, 5) is 25.2. The molecule has 0 radical (unpaired) electrons. The zero-order valence-electron chi connectivity index (χ0n) is 14.2. The van der Waals surface area contributed by atoms with E-state index in [1.54, 1.807) is 18.2 Å². The Balaban J connectivity index is 1.58. The predicted molar refractivity (Wildman–Crippen MR) is 91.4 cm³/mol. The molecule has 24 heavy (non-hydrogen) atoms. The quantitative estimate of drug-likeness (QED) is 0.844. The number of hydrogen-bond donors (Lipinski definition) is 1. The van der Waals surface area contributed by atoms with E-state index in [0.29, 0.717) is 28.7 Å². The molecule has 1 aliphatic heterocycles. The first kappa shape index (κ1) is 15.9. The van der Waals surface area contributed by atoms with Crippen LogP contribution in [-0.4, -0.2) is 22.8 Å². The third-order valence-electron chi connectivity index (χ3n) is 5.49. The highest BCUT2D eigenvalue weighted by molar-refractivity contribution is 6.31. The number of Topliss-reactive ketones (excluding diaryl/α,β-unsaturated/α-hetero) is 1. The third-order valence-corrected chi connectivity index (χ3v) is 5.73. The first-order valence-electron chi connectivity index (χ1n) is 8.54. The molecule has 1 spiro atoms. The summed E-state index contributed by atoms with van der Waals surface area (Å²) >= 11 is 6.00. The lowest BCUT2D eigenvalue weighted by Crippen LogP contribution is -2.46. The van der Waals surface area contributed by atoms with E-state index in [2.05, 4.69) is 5.32 Å². The van der Waals surface area contributed by atoms with E-state index in [9.17, 15) is 9.59 Å². The second-order valence-electron chi connectivity index (χ2n) is 8.40. The van der Waals surface area contributed by atoms with Crippen molar-refractivity contribution in [2.45, 2.75) is 51.2 Å². The lowest BCUT2D eigenvalue weighted by Gasteiger charge is -2.37. The van der Waals surface area contributed by atoms with Crippen LogP contribution in [0.25, 0.3) is 0 Å². The Morgan fingerprint density at radius 3 is 2.83 bits per heavy atom. The monoisotopic (exact) mass is 347 g/mol. The van der Waals surface area contributed by atoms with Crippen molar-refractivity contribution in [2.75, 3.05) is 0 Å². The number of fused-ring (bicyclic) bond motifs is 3. The van der Waals surface area contributed by atoms with Crippen LogP contribution in [0.5, 0.6) is 5.75 Å². The number of benzene rings is 1. The fraction of sp³-hybridized carbons (Fsp3) is 0.579. The van der Waals surface area contributed by atoms with Crippen molar-refractivity contribution >= 4 is 23.3 Å². The Morgan fingerprint density at radius 1 is 1.38 bits per heavy atom. The van der Waals surface area contributed by atoms with Crippen molar-refractivity contribution in [3.05, 3.63) is 28.8 Å². The molecule has 0 bridgehead atoms. The van der Waals surface area contributed by atoms with Gasteiger partial charge in [0.05, 0.1) is 12.0 Å². The molecule has 4 atom stereocenters. The Bertz CT molecular complexity index is 739. The number of amides is 1. The van der Waals surface area contributed by atoms with Crippen molar-refractivity contribution in [1.82, 2.24) is 5.32 Å². The largest absolute Gasteiger partial charge is 0.486 e. The fourth-order valence-corrected chi connectivity index (χ4v) is 4.77. The van der Waals surface area contributed by atoms with E-state index in [0.717, 1.165) is 12.8 Å². The molecule has 0 unspecified atom stereocenters. The lowest BCUT2D eigenvalue weighted by atomic mass is 9.84. The van der Waals surface area contributed by atoms with Crippen LogP contribution in [0.1, 0.15) is 50.4 Å². The number of rotatable bonds is 1. The van der Waals surface area contributed by atoms with E-state index < -0.39 is 5.60 Å². The van der Waals surface area contributed by atoms with Crippen LogP contribution < -0.4 is 10.1 Å². The highest BCUT2D eigenvalue weighted by Crippen LogP contribution is 2.65. The number of carbonyl (C=O) groups is 2. The van der Waals surface area contributed by atoms with Crippen LogP contribution in [-0.2, 0) is 4.79 Å². The fourth-order valence-electron chi connectivity index (χ4n) is 4.59. The Morgan fingerprint density at radius 2 is 2.12 bits per heavy atom. The predicted octanol–water partition coefficient (Wildman–Crippen LogP) is 3.61. The minimum absolute atomic E-state index is 0.0281. The number of carbonyl (C=O) groups excluding carboxylic acids is 2. The van der Waals surface area contributed by atoms with Gasteiger partial charge < -0.3 is 10.1 Å². The summed E-state index contributed by atoms with van der Waals surface area (Å²) in [6.07, 6.45) is 2.14. The van der Waals surface area contributed by atoms with Gasteiger partial charge in [0, 0.05) is 22.4 Å². The number of hydrogen-bond acceptors (Lipinski definition) is 3. The summed E-state index contributed by atoms with van der Waals surface area (Å²) < 4.78 is 6.31. The minimum atomic E-state index is -0.511. The first-order chi connectivity index (χ1) is 11.2. The highest BCUT2D eigenvalue weighted by atomic mass is 35.5. The van der Waals surface area contributed by atoms with Crippen LogP contribution in [0.3, 0.4) is 0 Å². The summed E-state index contributed by atoms with van der Waals surface area (Å²) in [6.45, 7) is 5.96. The van der Waals surface area contributed by atoms with E-state index in [1.165, 1.54) is 0 Å². The van der Waals surface area contributed by atoms with E-state index in [-0.39, 0.29) is 29.1 Å². The molecule has 3 aliphatic rings. The third kappa shape index (κ3) is 2.43. The van der Waals surface area contributed by atoms with E-state index in [1.807, 2.05) is 20.8 Å². The molecule has 2 fully saturated rings. The van der Waals surface area contributed by atoms with Gasteiger partial charge in [0.1, 0.15) is 11.4 Å². The zero-order chi connectivity index (χ0) is 17.3. The number of nitrogens with one attached hydrogen (secondary N) is 1. The SMILES string of the molecule is CC(C)(C)NC(=O)[C@@H]1[C@@H]2CC[C@@]3(CC(=O)c4cc(Cl)ccc4O3)[C@@H]21. The van der Waals surface area contributed by atoms with Crippen LogP contribution in [0.2, 0.25) is 5.02 Å². The molecule has 5 heteroatoms. The molecule has 128 valence electrons. The molecule has 2 aliphatic carbocycles. The highest BCUT2D eigenvalue weighted by Gasteiger charge is 2.70. The number of halogens is 1. The van der Waals surface area contributed by atoms with Gasteiger partial charge in [-0.2, -0.15) is 0 Å². The zero-order valence-corrected chi connectivity index (χ0v) is 14.9. The smallest absolute Gasteiger partial charge is 0.224 e. The van der Waals surface area contributed by atoms with Gasteiger partial charge in [-0.1, -0.05) is 11.6 Å². The molecule has 1 heterocycles. The molecule has 1 amide bonds. The number of ketones is 1. The topological polar surface area (TPSA) is 55.4 Å². The summed E-state index contributed by atoms with van der Waals surface area (Å²) in [5, 5.41) is 3.61. The molecule has 2 saturated carbocycles. The molecule has 1 aromatic rings. The molecule has 0 aromatic heterocycles. The molecule has 4 nitrogen and oxygen atoms in total. The van der Waals surface area contributed by atoms with Crippen LogP contribution in [0, 0.1) is 17.8 Å². The van der Waals surface area contributed by atoms with Gasteiger partial charge in [0.25, 0.3) is 0 Å². The molecule has 1 N–H and O–H groups in total. The van der Waals surface area contributed by atoms with Crippen molar-refractivity contribution in [1.29, 1.82) is 0 Å². The summed E-state index contributed by atoms with van der Waals surface area (Å²) in [7, 11) is 0. The van der Waals surface area contributed by atoms with Crippen LogP contribution in [0.15, 0.2) is 18.2 Å². The van der Waals surface area contributed by atoms with Gasteiger partial charge >= 0.3 is 0 Å². The van der Waals surface area contributed by atoms with E-state index >= 15 is 0 Å². The summed E-state index contributed by atoms with van der Waals surface area (Å²) in [6, 6.07) is 5.20. The Kier molecular flexibility index (Phi) is 3.31. The number of ether oxygens (including phenoxy) is 1. The molecular formula is C19H22ClNO3. The van der Waals surface area contributed by atoms with Gasteiger partial charge in [-0.15, -0.1) is 0 Å². The normalized spacial score (nSPS) is 33.7. The van der Waals surface area contributed by atoms with Gasteiger partial charge in [0.2, 0.25) is 5.91 Å². The second-order valence-corrected chi connectivity index (χ2v) is 8.84. The Hall–Kier alpha value is -1.55.